The van der Waals surface area contributed by atoms with Gasteiger partial charge < -0.3 is 5.73 Å². The third-order valence-electron chi connectivity index (χ3n) is 2.69. The molecular weight excluding hydrogens is 257 g/mol. The Bertz CT molecular complexity index is 524. The topological polar surface area (TPSA) is 26.0 Å². The van der Waals surface area contributed by atoms with Gasteiger partial charge in [-0.3, -0.25) is 0 Å². The highest BCUT2D eigenvalue weighted by atomic mass is 35.5. The highest BCUT2D eigenvalue weighted by molar-refractivity contribution is 7.10. The third kappa shape index (κ3) is 2.86. The summed E-state index contributed by atoms with van der Waals surface area (Å²) in [6.07, 6.45) is 0.625. The van der Waals surface area contributed by atoms with Crippen LogP contribution in [0.3, 0.4) is 0 Å². The molecule has 2 aromatic rings. The molecule has 0 aliphatic carbocycles. The van der Waals surface area contributed by atoms with Crippen LogP contribution in [0.2, 0.25) is 5.02 Å². The molecule has 0 amide bonds. The molecule has 0 bridgehead atoms. The molecule has 0 saturated carbocycles. The average Bonchev–Trinajstić information content (AvgIpc) is 2.68. The van der Waals surface area contributed by atoms with E-state index in [1.54, 1.807) is 17.4 Å². The van der Waals surface area contributed by atoms with Crippen molar-refractivity contribution in [2.45, 2.75) is 19.4 Å². The van der Waals surface area contributed by atoms with Crippen molar-refractivity contribution < 1.29 is 4.39 Å². The van der Waals surface area contributed by atoms with Crippen molar-refractivity contribution in [3.05, 3.63) is 56.5 Å². The molecule has 1 aromatic carbocycles. The molecular formula is C13H13ClFNS. The van der Waals surface area contributed by atoms with E-state index in [0.717, 1.165) is 10.4 Å². The second-order valence-electron chi connectivity index (χ2n) is 4.01. The molecule has 17 heavy (non-hydrogen) atoms. The molecule has 1 unspecified atom stereocenters. The molecule has 2 N–H and O–H groups in total. The van der Waals surface area contributed by atoms with E-state index in [9.17, 15) is 4.39 Å². The van der Waals surface area contributed by atoms with E-state index in [1.807, 2.05) is 18.4 Å². The molecule has 1 aromatic heterocycles. The van der Waals surface area contributed by atoms with E-state index >= 15 is 0 Å². The number of hydrogen-bond acceptors (Lipinski definition) is 2. The van der Waals surface area contributed by atoms with E-state index in [2.05, 4.69) is 0 Å². The van der Waals surface area contributed by atoms with E-state index in [1.165, 1.54) is 17.7 Å². The van der Waals surface area contributed by atoms with Crippen LogP contribution >= 0.6 is 22.9 Å². The zero-order valence-corrected chi connectivity index (χ0v) is 11.0. The Labute approximate surface area is 109 Å². The predicted molar refractivity (Wildman–Crippen MR) is 71.1 cm³/mol. The fourth-order valence-electron chi connectivity index (χ4n) is 1.78. The van der Waals surface area contributed by atoms with Crippen molar-refractivity contribution in [3.63, 3.8) is 0 Å². The van der Waals surface area contributed by atoms with Crippen molar-refractivity contribution in [3.8, 4) is 0 Å². The molecule has 2 rings (SSSR count). The SMILES string of the molecule is Cc1ccsc1C(N)Cc1ccc(F)cc1Cl. The lowest BCUT2D eigenvalue weighted by Gasteiger charge is -2.12. The number of halogens is 2. The molecule has 1 atom stereocenters. The molecule has 4 heteroatoms. The summed E-state index contributed by atoms with van der Waals surface area (Å²) in [6.45, 7) is 2.04. The maximum Gasteiger partial charge on any atom is 0.124 e. The van der Waals surface area contributed by atoms with Gasteiger partial charge in [-0.2, -0.15) is 0 Å². The van der Waals surface area contributed by atoms with Crippen LogP contribution < -0.4 is 5.73 Å². The van der Waals surface area contributed by atoms with Gasteiger partial charge in [0.1, 0.15) is 5.82 Å². The van der Waals surface area contributed by atoms with Crippen molar-refractivity contribution in [1.29, 1.82) is 0 Å². The van der Waals surface area contributed by atoms with Crippen LogP contribution in [0.4, 0.5) is 4.39 Å². The number of rotatable bonds is 3. The molecule has 1 heterocycles. The first kappa shape index (κ1) is 12.6. The normalized spacial score (nSPS) is 12.7. The zero-order chi connectivity index (χ0) is 12.4. The number of benzene rings is 1. The Balaban J connectivity index is 2.19. The Morgan fingerprint density at radius 3 is 2.76 bits per heavy atom. The Morgan fingerprint density at radius 1 is 1.41 bits per heavy atom. The first-order valence-electron chi connectivity index (χ1n) is 5.31. The van der Waals surface area contributed by atoms with Crippen molar-refractivity contribution in [2.24, 2.45) is 5.73 Å². The van der Waals surface area contributed by atoms with Crippen molar-refractivity contribution in [1.82, 2.24) is 0 Å². The van der Waals surface area contributed by atoms with Gasteiger partial charge in [-0.25, -0.2) is 4.39 Å². The Kier molecular flexibility index (Phi) is 3.82. The summed E-state index contributed by atoms with van der Waals surface area (Å²) in [5, 5.41) is 2.46. The van der Waals surface area contributed by atoms with Crippen LogP contribution in [0.1, 0.15) is 22.0 Å². The minimum Gasteiger partial charge on any atom is -0.323 e. The number of aryl methyl sites for hydroxylation is 1. The molecule has 0 aliphatic heterocycles. The smallest absolute Gasteiger partial charge is 0.124 e. The third-order valence-corrected chi connectivity index (χ3v) is 4.20. The Hall–Kier alpha value is -0.900. The number of hydrogen-bond donors (Lipinski definition) is 1. The largest absolute Gasteiger partial charge is 0.323 e. The van der Waals surface area contributed by atoms with Gasteiger partial charge >= 0.3 is 0 Å². The van der Waals surface area contributed by atoms with Gasteiger partial charge in [0, 0.05) is 15.9 Å². The maximum absolute atomic E-state index is 12.9. The molecule has 0 radical (unpaired) electrons. The second kappa shape index (κ2) is 5.17. The lowest BCUT2D eigenvalue weighted by Crippen LogP contribution is -2.13. The Morgan fingerprint density at radius 2 is 2.18 bits per heavy atom. The van der Waals surface area contributed by atoms with Gasteiger partial charge in [0.25, 0.3) is 0 Å². The minimum atomic E-state index is -0.320. The average molecular weight is 270 g/mol. The molecule has 1 nitrogen and oxygen atoms in total. The second-order valence-corrected chi connectivity index (χ2v) is 5.37. The van der Waals surface area contributed by atoms with Gasteiger partial charge in [-0.1, -0.05) is 17.7 Å². The predicted octanol–water partition coefficient (Wildman–Crippen LogP) is 4.09. The standard InChI is InChI=1S/C13H13ClFNS/c1-8-4-5-17-13(8)12(16)6-9-2-3-10(15)7-11(9)14/h2-5,7,12H,6,16H2,1H3. The summed E-state index contributed by atoms with van der Waals surface area (Å²) in [5.41, 5.74) is 8.22. The molecule has 0 fully saturated rings. The maximum atomic E-state index is 12.9. The van der Waals surface area contributed by atoms with Gasteiger partial charge in [0.2, 0.25) is 0 Å². The van der Waals surface area contributed by atoms with Gasteiger partial charge in [0.15, 0.2) is 0 Å². The fraction of sp³-hybridized carbons (Fsp3) is 0.231. The summed E-state index contributed by atoms with van der Waals surface area (Å²) in [5.74, 6) is -0.320. The molecule has 0 aliphatic rings. The monoisotopic (exact) mass is 269 g/mol. The molecule has 0 saturated heterocycles. The number of thiophene rings is 1. The van der Waals surface area contributed by atoms with Crippen LogP contribution in [0, 0.1) is 12.7 Å². The lowest BCUT2D eigenvalue weighted by atomic mass is 10.0. The van der Waals surface area contributed by atoms with E-state index in [4.69, 9.17) is 17.3 Å². The van der Waals surface area contributed by atoms with E-state index < -0.39 is 0 Å². The lowest BCUT2D eigenvalue weighted by molar-refractivity contribution is 0.626. The summed E-state index contributed by atoms with van der Waals surface area (Å²) >= 11 is 7.63. The summed E-state index contributed by atoms with van der Waals surface area (Å²) < 4.78 is 12.9. The van der Waals surface area contributed by atoms with Crippen LogP contribution in [0.15, 0.2) is 29.6 Å². The summed E-state index contributed by atoms with van der Waals surface area (Å²) in [6, 6.07) is 6.39. The minimum absolute atomic E-state index is 0.0852. The van der Waals surface area contributed by atoms with E-state index in [-0.39, 0.29) is 11.9 Å². The summed E-state index contributed by atoms with van der Waals surface area (Å²) in [7, 11) is 0. The highest BCUT2D eigenvalue weighted by Crippen LogP contribution is 2.27. The fourth-order valence-corrected chi connectivity index (χ4v) is 2.96. The van der Waals surface area contributed by atoms with Gasteiger partial charge in [0.05, 0.1) is 0 Å². The van der Waals surface area contributed by atoms with Gasteiger partial charge in [-0.05, 0) is 48.1 Å². The van der Waals surface area contributed by atoms with Crippen molar-refractivity contribution in [2.75, 3.05) is 0 Å². The van der Waals surface area contributed by atoms with Crippen LogP contribution in [-0.2, 0) is 6.42 Å². The van der Waals surface area contributed by atoms with Crippen LogP contribution in [0.5, 0.6) is 0 Å². The molecule has 90 valence electrons. The highest BCUT2D eigenvalue weighted by Gasteiger charge is 2.13. The van der Waals surface area contributed by atoms with Gasteiger partial charge in [-0.15, -0.1) is 11.3 Å². The van der Waals surface area contributed by atoms with Crippen LogP contribution in [0.25, 0.3) is 0 Å². The van der Waals surface area contributed by atoms with Crippen LogP contribution in [-0.4, -0.2) is 0 Å². The first-order valence-corrected chi connectivity index (χ1v) is 6.57. The van der Waals surface area contributed by atoms with E-state index in [0.29, 0.717) is 11.4 Å². The summed E-state index contributed by atoms with van der Waals surface area (Å²) in [4.78, 5) is 1.16. The van der Waals surface area contributed by atoms with Crippen molar-refractivity contribution >= 4 is 22.9 Å². The number of nitrogens with two attached hydrogens (primary N) is 1. The molecule has 0 spiro atoms. The quantitative estimate of drug-likeness (QED) is 0.892. The first-order chi connectivity index (χ1) is 8.08. The zero-order valence-electron chi connectivity index (χ0n) is 9.41.